The number of halogens is 1. The average Bonchev–Trinajstić information content (AvgIpc) is 2.57. The summed E-state index contributed by atoms with van der Waals surface area (Å²) in [6.45, 7) is 3.95. The van der Waals surface area contributed by atoms with Gasteiger partial charge in [-0.15, -0.1) is 0 Å². The highest BCUT2D eigenvalue weighted by molar-refractivity contribution is 5.66. The van der Waals surface area contributed by atoms with E-state index in [0.29, 0.717) is 17.3 Å². The van der Waals surface area contributed by atoms with E-state index in [2.05, 4.69) is 20.6 Å². The number of hydrogen-bond acceptors (Lipinski definition) is 5. The van der Waals surface area contributed by atoms with Crippen LogP contribution in [0.3, 0.4) is 0 Å². The Morgan fingerprint density at radius 3 is 2.44 bits per heavy atom. The Balaban J connectivity index is 1.78. The lowest BCUT2D eigenvalue weighted by Crippen LogP contribution is -2.07. The number of para-hydroxylation sites is 2. The number of benzene rings is 2. The molecule has 0 saturated heterocycles. The highest BCUT2D eigenvalue weighted by Gasteiger charge is 2.07. The quantitative estimate of drug-likeness (QED) is 0.670. The van der Waals surface area contributed by atoms with E-state index in [-0.39, 0.29) is 11.9 Å². The normalized spacial score (nSPS) is 10.6. The number of nitrogens with zero attached hydrogens (tertiary/aromatic N) is 2. The average molecular weight is 338 g/mol. The molecule has 0 aliphatic carbocycles. The SMILES string of the molecule is CC(C)Oc1ccccc1Nc1cc(Nc2cccc(F)c2)ncn1. The third-order valence-electron chi connectivity index (χ3n) is 3.28. The molecule has 128 valence electrons. The van der Waals surface area contributed by atoms with Crippen LogP contribution in [0.1, 0.15) is 13.8 Å². The van der Waals surface area contributed by atoms with Gasteiger partial charge in [0.25, 0.3) is 0 Å². The summed E-state index contributed by atoms with van der Waals surface area (Å²) in [5.41, 5.74) is 1.43. The van der Waals surface area contributed by atoms with Gasteiger partial charge in [-0.2, -0.15) is 0 Å². The molecule has 1 heterocycles. The van der Waals surface area contributed by atoms with Gasteiger partial charge in [-0.3, -0.25) is 0 Å². The molecule has 1 aromatic heterocycles. The van der Waals surface area contributed by atoms with Crippen molar-refractivity contribution in [2.24, 2.45) is 0 Å². The molecule has 0 spiro atoms. The highest BCUT2D eigenvalue weighted by Crippen LogP contribution is 2.28. The molecular formula is C19H19FN4O. The van der Waals surface area contributed by atoms with Crippen LogP contribution in [0.15, 0.2) is 60.9 Å². The molecule has 5 nitrogen and oxygen atoms in total. The summed E-state index contributed by atoms with van der Waals surface area (Å²) in [4.78, 5) is 8.38. The van der Waals surface area contributed by atoms with Gasteiger partial charge in [-0.1, -0.05) is 18.2 Å². The first-order chi connectivity index (χ1) is 12.1. The number of ether oxygens (including phenoxy) is 1. The summed E-state index contributed by atoms with van der Waals surface area (Å²) in [6.07, 6.45) is 1.51. The Kier molecular flexibility index (Phi) is 5.09. The molecule has 0 saturated carbocycles. The maximum atomic E-state index is 13.3. The first-order valence-corrected chi connectivity index (χ1v) is 7.97. The van der Waals surface area contributed by atoms with Crippen LogP contribution in [0, 0.1) is 5.82 Å². The molecule has 0 bridgehead atoms. The minimum absolute atomic E-state index is 0.0681. The molecule has 2 N–H and O–H groups in total. The van der Waals surface area contributed by atoms with Crippen LogP contribution in [0.5, 0.6) is 5.75 Å². The van der Waals surface area contributed by atoms with Gasteiger partial charge in [-0.25, -0.2) is 14.4 Å². The lowest BCUT2D eigenvalue weighted by Gasteiger charge is -2.15. The monoisotopic (exact) mass is 338 g/mol. The van der Waals surface area contributed by atoms with Gasteiger partial charge in [0.05, 0.1) is 11.8 Å². The van der Waals surface area contributed by atoms with Crippen molar-refractivity contribution in [2.45, 2.75) is 20.0 Å². The van der Waals surface area contributed by atoms with Crippen LogP contribution >= 0.6 is 0 Å². The van der Waals surface area contributed by atoms with Gasteiger partial charge < -0.3 is 15.4 Å². The van der Waals surface area contributed by atoms with E-state index in [9.17, 15) is 4.39 Å². The van der Waals surface area contributed by atoms with E-state index in [1.54, 1.807) is 18.2 Å². The Bertz CT molecular complexity index is 854. The Labute approximate surface area is 145 Å². The number of aromatic nitrogens is 2. The van der Waals surface area contributed by atoms with Gasteiger partial charge >= 0.3 is 0 Å². The third kappa shape index (κ3) is 4.67. The molecule has 0 fully saturated rings. The van der Waals surface area contributed by atoms with E-state index in [1.165, 1.54) is 18.5 Å². The predicted octanol–water partition coefficient (Wildman–Crippen LogP) is 4.89. The van der Waals surface area contributed by atoms with E-state index >= 15 is 0 Å². The molecular weight excluding hydrogens is 319 g/mol. The maximum absolute atomic E-state index is 13.3. The van der Waals surface area contributed by atoms with Crippen molar-refractivity contribution in [1.82, 2.24) is 9.97 Å². The summed E-state index contributed by atoms with van der Waals surface area (Å²) in [7, 11) is 0. The van der Waals surface area contributed by atoms with E-state index in [1.807, 2.05) is 38.1 Å². The maximum Gasteiger partial charge on any atom is 0.143 e. The van der Waals surface area contributed by atoms with Crippen molar-refractivity contribution in [3.8, 4) is 5.75 Å². The Morgan fingerprint density at radius 1 is 0.920 bits per heavy atom. The smallest absolute Gasteiger partial charge is 0.143 e. The Hall–Kier alpha value is -3.15. The second kappa shape index (κ2) is 7.61. The zero-order valence-corrected chi connectivity index (χ0v) is 14.0. The van der Waals surface area contributed by atoms with Gasteiger partial charge in [0.2, 0.25) is 0 Å². The van der Waals surface area contributed by atoms with E-state index in [4.69, 9.17) is 4.74 Å². The minimum atomic E-state index is -0.308. The molecule has 0 atom stereocenters. The molecule has 0 radical (unpaired) electrons. The van der Waals surface area contributed by atoms with Crippen LogP contribution in [-0.2, 0) is 0 Å². The molecule has 3 rings (SSSR count). The summed E-state index contributed by atoms with van der Waals surface area (Å²) < 4.78 is 19.1. The largest absolute Gasteiger partial charge is 0.489 e. The molecule has 0 amide bonds. The molecule has 6 heteroatoms. The van der Waals surface area contributed by atoms with Gasteiger partial charge in [0.1, 0.15) is 29.5 Å². The molecule has 2 aromatic carbocycles. The van der Waals surface area contributed by atoms with Crippen molar-refractivity contribution in [3.05, 3.63) is 66.7 Å². The first kappa shape index (κ1) is 16.7. The fourth-order valence-electron chi connectivity index (χ4n) is 2.27. The van der Waals surface area contributed by atoms with E-state index < -0.39 is 0 Å². The standard InChI is InChI=1S/C19H19FN4O/c1-13(2)25-17-9-4-3-8-16(17)24-19-11-18(21-12-22-19)23-15-7-5-6-14(20)10-15/h3-13H,1-2H3,(H2,21,22,23,24). The Morgan fingerprint density at radius 2 is 1.68 bits per heavy atom. The summed E-state index contributed by atoms with van der Waals surface area (Å²) in [5, 5.41) is 6.28. The molecule has 25 heavy (non-hydrogen) atoms. The lowest BCUT2D eigenvalue weighted by molar-refractivity contribution is 0.244. The highest BCUT2D eigenvalue weighted by atomic mass is 19.1. The van der Waals surface area contributed by atoms with Crippen LogP contribution in [-0.4, -0.2) is 16.1 Å². The molecule has 0 unspecified atom stereocenters. The lowest BCUT2D eigenvalue weighted by atomic mass is 10.3. The van der Waals surface area contributed by atoms with Crippen molar-refractivity contribution < 1.29 is 9.13 Å². The number of anilines is 4. The fraction of sp³-hybridized carbons (Fsp3) is 0.158. The number of rotatable bonds is 6. The number of hydrogen-bond donors (Lipinski definition) is 2. The van der Waals surface area contributed by atoms with Crippen molar-refractivity contribution in [1.29, 1.82) is 0 Å². The van der Waals surface area contributed by atoms with Crippen molar-refractivity contribution in [3.63, 3.8) is 0 Å². The zero-order valence-electron chi connectivity index (χ0n) is 14.0. The van der Waals surface area contributed by atoms with Crippen LogP contribution in [0.2, 0.25) is 0 Å². The predicted molar refractivity (Wildman–Crippen MR) is 97.2 cm³/mol. The second-order valence-corrected chi connectivity index (χ2v) is 5.71. The molecule has 3 aromatic rings. The van der Waals surface area contributed by atoms with Crippen LogP contribution < -0.4 is 15.4 Å². The fourth-order valence-corrected chi connectivity index (χ4v) is 2.27. The first-order valence-electron chi connectivity index (χ1n) is 7.97. The topological polar surface area (TPSA) is 59.1 Å². The van der Waals surface area contributed by atoms with Gasteiger partial charge in [0.15, 0.2) is 0 Å². The third-order valence-corrected chi connectivity index (χ3v) is 3.28. The van der Waals surface area contributed by atoms with Crippen LogP contribution in [0.4, 0.5) is 27.4 Å². The zero-order chi connectivity index (χ0) is 17.6. The van der Waals surface area contributed by atoms with Crippen molar-refractivity contribution in [2.75, 3.05) is 10.6 Å². The van der Waals surface area contributed by atoms with Gasteiger partial charge in [-0.05, 0) is 44.2 Å². The second-order valence-electron chi connectivity index (χ2n) is 5.71. The van der Waals surface area contributed by atoms with Gasteiger partial charge in [0, 0.05) is 11.8 Å². The number of nitrogens with one attached hydrogen (secondary N) is 2. The van der Waals surface area contributed by atoms with Crippen LogP contribution in [0.25, 0.3) is 0 Å². The summed E-state index contributed by atoms with van der Waals surface area (Å²) in [5.74, 6) is 1.60. The molecule has 0 aliphatic heterocycles. The minimum Gasteiger partial charge on any atom is -0.489 e. The van der Waals surface area contributed by atoms with E-state index in [0.717, 1.165) is 11.4 Å². The van der Waals surface area contributed by atoms with Crippen molar-refractivity contribution >= 4 is 23.0 Å². The summed E-state index contributed by atoms with van der Waals surface area (Å²) >= 11 is 0. The summed E-state index contributed by atoms with van der Waals surface area (Å²) in [6, 6.07) is 15.6. The molecule has 0 aliphatic rings.